The summed E-state index contributed by atoms with van der Waals surface area (Å²) in [4.78, 5) is 7.31. The molecule has 1 N–H and O–H groups in total. The fourth-order valence-electron chi connectivity index (χ4n) is 1.35. The predicted octanol–water partition coefficient (Wildman–Crippen LogP) is 3.85. The monoisotopic (exact) mass is 363 g/mol. The summed E-state index contributed by atoms with van der Waals surface area (Å²) in [5.41, 5.74) is 0.605. The molecule has 0 saturated carbocycles. The van der Waals surface area contributed by atoms with Gasteiger partial charge in [0, 0.05) is 5.02 Å². The lowest BCUT2D eigenvalue weighted by molar-refractivity contribution is 0.609. The van der Waals surface area contributed by atoms with Crippen molar-refractivity contribution in [2.45, 2.75) is 0 Å². The van der Waals surface area contributed by atoms with E-state index < -0.39 is 10.0 Å². The van der Waals surface area contributed by atoms with Crippen molar-refractivity contribution in [1.82, 2.24) is 9.97 Å². The van der Waals surface area contributed by atoms with Crippen LogP contribution in [0, 0.1) is 0 Å². The Kier molecular flexibility index (Phi) is 5.05. The smallest absolute Gasteiger partial charge is 0.255 e. The molecule has 0 saturated heterocycles. The third kappa shape index (κ3) is 4.57. The Labute approximate surface area is 136 Å². The zero-order valence-corrected chi connectivity index (χ0v) is 13.4. The number of anilines is 1. The van der Waals surface area contributed by atoms with E-state index in [2.05, 4.69) is 14.7 Å². The second-order valence-corrected chi connectivity index (χ2v) is 6.55. The summed E-state index contributed by atoms with van der Waals surface area (Å²) in [6.07, 6.45) is 2.54. The number of hydrogen-bond donors (Lipinski definition) is 1. The van der Waals surface area contributed by atoms with Crippen molar-refractivity contribution in [2.24, 2.45) is 0 Å². The predicted molar refractivity (Wildman–Crippen MR) is 85.1 cm³/mol. The molecule has 0 aliphatic carbocycles. The van der Waals surface area contributed by atoms with Crippen LogP contribution in [0.2, 0.25) is 15.3 Å². The van der Waals surface area contributed by atoms with Crippen LogP contribution in [0.15, 0.2) is 36.0 Å². The van der Waals surface area contributed by atoms with Crippen molar-refractivity contribution >= 4 is 56.6 Å². The minimum absolute atomic E-state index is 0.0680. The highest BCUT2D eigenvalue weighted by atomic mass is 35.5. The van der Waals surface area contributed by atoms with Gasteiger partial charge in [-0.05, 0) is 23.8 Å². The van der Waals surface area contributed by atoms with Gasteiger partial charge in [0.15, 0.2) is 10.3 Å². The first-order valence-corrected chi connectivity index (χ1v) is 8.18. The summed E-state index contributed by atoms with van der Waals surface area (Å²) in [6.45, 7) is 0. The summed E-state index contributed by atoms with van der Waals surface area (Å²) in [5.74, 6) is 0. The van der Waals surface area contributed by atoms with Gasteiger partial charge in [0.1, 0.15) is 12.0 Å². The third-order valence-electron chi connectivity index (χ3n) is 2.31. The summed E-state index contributed by atoms with van der Waals surface area (Å²) < 4.78 is 26.1. The van der Waals surface area contributed by atoms with Crippen LogP contribution in [0.3, 0.4) is 0 Å². The number of benzene rings is 1. The first-order chi connectivity index (χ1) is 9.87. The topological polar surface area (TPSA) is 72.0 Å². The van der Waals surface area contributed by atoms with Gasteiger partial charge in [-0.3, -0.25) is 4.72 Å². The van der Waals surface area contributed by atoms with Crippen molar-refractivity contribution in [1.29, 1.82) is 0 Å². The molecule has 21 heavy (non-hydrogen) atoms. The second-order valence-electron chi connectivity index (χ2n) is 3.83. The summed E-state index contributed by atoms with van der Waals surface area (Å²) >= 11 is 17.3. The van der Waals surface area contributed by atoms with Crippen molar-refractivity contribution in [2.75, 3.05) is 4.72 Å². The van der Waals surface area contributed by atoms with Crippen LogP contribution in [0.4, 0.5) is 5.69 Å². The van der Waals surface area contributed by atoms with E-state index in [1.54, 1.807) is 24.3 Å². The standard InChI is InChI=1S/C12H8Cl3N3O2S/c13-9-3-1-8(2-4-9)5-6-21(19,20)18-10-11(14)16-7-17-12(10)15/h1-7,18H/b6-5+. The maximum atomic E-state index is 11.9. The van der Waals surface area contributed by atoms with E-state index in [0.717, 1.165) is 11.7 Å². The number of aromatic nitrogens is 2. The average Bonchev–Trinajstić information content (AvgIpc) is 2.43. The largest absolute Gasteiger partial charge is 0.274 e. The van der Waals surface area contributed by atoms with Crippen LogP contribution in [0.5, 0.6) is 0 Å². The maximum Gasteiger partial charge on any atom is 0.255 e. The Bertz CT molecular complexity index is 757. The normalized spacial score (nSPS) is 11.8. The summed E-state index contributed by atoms with van der Waals surface area (Å²) in [5, 5.41) is 1.38. The molecule has 0 atom stereocenters. The Balaban J connectivity index is 2.21. The molecule has 2 aromatic rings. The van der Waals surface area contributed by atoms with E-state index in [9.17, 15) is 8.42 Å². The van der Waals surface area contributed by atoms with E-state index in [1.165, 1.54) is 6.08 Å². The lowest BCUT2D eigenvalue weighted by Gasteiger charge is -2.06. The van der Waals surface area contributed by atoms with Gasteiger partial charge in [-0.1, -0.05) is 46.9 Å². The highest BCUT2D eigenvalue weighted by Gasteiger charge is 2.14. The van der Waals surface area contributed by atoms with Crippen LogP contribution < -0.4 is 4.72 Å². The Hall–Kier alpha value is -1.34. The van der Waals surface area contributed by atoms with Crippen LogP contribution in [-0.2, 0) is 10.0 Å². The molecule has 0 radical (unpaired) electrons. The van der Waals surface area contributed by atoms with Crippen molar-refractivity contribution in [3.05, 3.63) is 56.9 Å². The first kappa shape index (κ1) is 16.0. The molecule has 5 nitrogen and oxygen atoms in total. The molecule has 0 fully saturated rings. The van der Waals surface area contributed by atoms with Crippen LogP contribution in [-0.4, -0.2) is 18.4 Å². The highest BCUT2D eigenvalue weighted by Crippen LogP contribution is 2.27. The summed E-state index contributed by atoms with van der Waals surface area (Å²) in [6, 6.07) is 6.67. The number of nitrogens with one attached hydrogen (secondary N) is 1. The molecule has 0 bridgehead atoms. The van der Waals surface area contributed by atoms with E-state index in [4.69, 9.17) is 34.8 Å². The summed E-state index contributed by atoms with van der Waals surface area (Å²) in [7, 11) is -3.80. The fourth-order valence-corrected chi connectivity index (χ4v) is 2.88. The number of rotatable bonds is 4. The Morgan fingerprint density at radius 3 is 2.14 bits per heavy atom. The molecular formula is C12H8Cl3N3O2S. The molecule has 1 heterocycles. The molecular weight excluding hydrogens is 357 g/mol. The van der Waals surface area contributed by atoms with Gasteiger partial charge in [0.05, 0.1) is 5.41 Å². The Morgan fingerprint density at radius 2 is 1.57 bits per heavy atom. The zero-order valence-electron chi connectivity index (χ0n) is 10.3. The third-order valence-corrected chi connectivity index (χ3v) is 4.12. The molecule has 110 valence electrons. The van der Waals surface area contributed by atoms with Gasteiger partial charge in [0.25, 0.3) is 10.0 Å². The van der Waals surface area contributed by atoms with Crippen molar-refractivity contribution in [3.8, 4) is 0 Å². The molecule has 0 spiro atoms. The van der Waals surface area contributed by atoms with E-state index in [1.807, 2.05) is 0 Å². The Morgan fingerprint density at radius 1 is 1.00 bits per heavy atom. The number of sulfonamides is 1. The zero-order chi connectivity index (χ0) is 15.5. The minimum Gasteiger partial charge on any atom is -0.274 e. The van der Waals surface area contributed by atoms with Gasteiger partial charge >= 0.3 is 0 Å². The average molecular weight is 365 g/mol. The molecule has 0 amide bonds. The molecule has 2 rings (SSSR count). The van der Waals surface area contributed by atoms with E-state index >= 15 is 0 Å². The molecule has 0 unspecified atom stereocenters. The van der Waals surface area contributed by atoms with Crippen LogP contribution >= 0.6 is 34.8 Å². The van der Waals surface area contributed by atoms with Crippen molar-refractivity contribution < 1.29 is 8.42 Å². The molecule has 0 aliphatic rings. The molecule has 1 aromatic heterocycles. The maximum absolute atomic E-state index is 11.9. The highest BCUT2D eigenvalue weighted by molar-refractivity contribution is 7.95. The lowest BCUT2D eigenvalue weighted by Crippen LogP contribution is -2.10. The van der Waals surface area contributed by atoms with E-state index in [0.29, 0.717) is 10.6 Å². The SMILES string of the molecule is O=S(=O)(/C=C/c1ccc(Cl)cc1)Nc1c(Cl)ncnc1Cl. The van der Waals surface area contributed by atoms with Crippen LogP contribution in [0.25, 0.3) is 6.08 Å². The van der Waals surface area contributed by atoms with E-state index in [-0.39, 0.29) is 16.0 Å². The number of nitrogens with zero attached hydrogens (tertiary/aromatic N) is 2. The quantitative estimate of drug-likeness (QED) is 0.836. The van der Waals surface area contributed by atoms with Gasteiger partial charge in [-0.2, -0.15) is 0 Å². The molecule has 0 aliphatic heterocycles. The van der Waals surface area contributed by atoms with Gasteiger partial charge < -0.3 is 0 Å². The van der Waals surface area contributed by atoms with Gasteiger partial charge in [-0.15, -0.1) is 0 Å². The number of hydrogen-bond acceptors (Lipinski definition) is 4. The molecule has 9 heteroatoms. The van der Waals surface area contributed by atoms with Crippen LogP contribution in [0.1, 0.15) is 5.56 Å². The molecule has 1 aromatic carbocycles. The first-order valence-electron chi connectivity index (χ1n) is 5.50. The van der Waals surface area contributed by atoms with Gasteiger partial charge in [-0.25, -0.2) is 18.4 Å². The second kappa shape index (κ2) is 6.62. The fraction of sp³-hybridized carbons (Fsp3) is 0. The number of halogens is 3. The lowest BCUT2D eigenvalue weighted by atomic mass is 10.2. The minimum atomic E-state index is -3.80. The van der Waals surface area contributed by atoms with Gasteiger partial charge in [0.2, 0.25) is 0 Å². The van der Waals surface area contributed by atoms with Crippen molar-refractivity contribution in [3.63, 3.8) is 0 Å².